The molecule has 1 aromatic carbocycles. The van der Waals surface area contributed by atoms with Crippen molar-refractivity contribution < 1.29 is 9.90 Å². The summed E-state index contributed by atoms with van der Waals surface area (Å²) in [6.45, 7) is 1.79. The molecular formula is C13H18N2O2. The van der Waals surface area contributed by atoms with Crippen LogP contribution in [0.1, 0.15) is 24.5 Å². The van der Waals surface area contributed by atoms with Crippen molar-refractivity contribution in [1.82, 2.24) is 10.6 Å². The molecule has 4 heteroatoms. The zero-order valence-electron chi connectivity index (χ0n) is 9.73. The Bertz CT molecular complexity index is 361. The summed E-state index contributed by atoms with van der Waals surface area (Å²) >= 11 is 0. The van der Waals surface area contributed by atoms with Crippen LogP contribution < -0.4 is 10.6 Å². The van der Waals surface area contributed by atoms with Crippen molar-refractivity contribution in [1.29, 1.82) is 0 Å². The number of aliphatic hydroxyl groups excluding tert-OH is 1. The first kappa shape index (κ1) is 12.1. The normalized spacial score (nSPS) is 21.8. The van der Waals surface area contributed by atoms with Crippen molar-refractivity contribution in [3.63, 3.8) is 0 Å². The number of rotatable bonds is 3. The van der Waals surface area contributed by atoms with E-state index >= 15 is 0 Å². The predicted molar refractivity (Wildman–Crippen MR) is 65.4 cm³/mol. The maximum Gasteiger partial charge on any atom is 0.253 e. The molecule has 0 spiro atoms. The van der Waals surface area contributed by atoms with E-state index in [1.54, 1.807) is 12.1 Å². The lowest BCUT2D eigenvalue weighted by molar-refractivity contribution is -0.130. The van der Waals surface area contributed by atoms with Gasteiger partial charge < -0.3 is 15.7 Å². The fourth-order valence-corrected chi connectivity index (χ4v) is 2.04. The van der Waals surface area contributed by atoms with Gasteiger partial charge in [0.05, 0.1) is 0 Å². The SMILES string of the molecule is O=C(N[C@H]1CCCNC1)C(O)c1ccccc1. The van der Waals surface area contributed by atoms with Gasteiger partial charge in [-0.1, -0.05) is 30.3 Å². The highest BCUT2D eigenvalue weighted by atomic mass is 16.3. The number of piperidine rings is 1. The van der Waals surface area contributed by atoms with E-state index in [0.717, 1.165) is 25.9 Å². The molecule has 0 radical (unpaired) electrons. The summed E-state index contributed by atoms with van der Waals surface area (Å²) in [5.41, 5.74) is 0.633. The van der Waals surface area contributed by atoms with E-state index in [2.05, 4.69) is 10.6 Å². The molecule has 3 N–H and O–H groups in total. The number of hydrogen-bond donors (Lipinski definition) is 3. The topological polar surface area (TPSA) is 61.4 Å². The zero-order valence-corrected chi connectivity index (χ0v) is 9.73. The molecule has 1 saturated heterocycles. The van der Waals surface area contributed by atoms with Gasteiger partial charge in [0, 0.05) is 12.6 Å². The second kappa shape index (κ2) is 5.80. The van der Waals surface area contributed by atoms with E-state index in [4.69, 9.17) is 0 Å². The summed E-state index contributed by atoms with van der Waals surface area (Å²) in [6, 6.07) is 9.13. The van der Waals surface area contributed by atoms with Crippen molar-refractivity contribution in [2.45, 2.75) is 25.0 Å². The van der Waals surface area contributed by atoms with Crippen molar-refractivity contribution >= 4 is 5.91 Å². The third-order valence-electron chi connectivity index (χ3n) is 3.01. The highest BCUT2D eigenvalue weighted by Crippen LogP contribution is 2.13. The fraction of sp³-hybridized carbons (Fsp3) is 0.462. The van der Waals surface area contributed by atoms with Crippen molar-refractivity contribution in [3.05, 3.63) is 35.9 Å². The Morgan fingerprint density at radius 2 is 2.18 bits per heavy atom. The minimum atomic E-state index is -1.07. The average molecular weight is 234 g/mol. The third kappa shape index (κ3) is 3.28. The van der Waals surface area contributed by atoms with Gasteiger partial charge in [-0.2, -0.15) is 0 Å². The number of hydrogen-bond acceptors (Lipinski definition) is 3. The van der Waals surface area contributed by atoms with E-state index in [-0.39, 0.29) is 11.9 Å². The number of nitrogens with one attached hydrogen (secondary N) is 2. The maximum atomic E-state index is 11.8. The molecule has 1 heterocycles. The molecule has 0 saturated carbocycles. The number of aliphatic hydroxyl groups is 1. The molecule has 0 aliphatic carbocycles. The van der Waals surface area contributed by atoms with Gasteiger partial charge in [0.15, 0.2) is 6.10 Å². The molecular weight excluding hydrogens is 216 g/mol. The highest BCUT2D eigenvalue weighted by Gasteiger charge is 2.21. The van der Waals surface area contributed by atoms with Crippen LogP contribution in [0, 0.1) is 0 Å². The van der Waals surface area contributed by atoms with Gasteiger partial charge in [-0.25, -0.2) is 0 Å². The molecule has 1 fully saturated rings. The van der Waals surface area contributed by atoms with Gasteiger partial charge >= 0.3 is 0 Å². The van der Waals surface area contributed by atoms with Crippen molar-refractivity contribution in [2.24, 2.45) is 0 Å². The monoisotopic (exact) mass is 234 g/mol. The minimum Gasteiger partial charge on any atom is -0.378 e. The minimum absolute atomic E-state index is 0.134. The van der Waals surface area contributed by atoms with E-state index in [0.29, 0.717) is 5.56 Å². The van der Waals surface area contributed by atoms with Gasteiger partial charge in [-0.3, -0.25) is 4.79 Å². The summed E-state index contributed by atoms with van der Waals surface area (Å²) in [6.07, 6.45) is 0.963. The van der Waals surface area contributed by atoms with Gasteiger partial charge in [-0.05, 0) is 24.9 Å². The Kier molecular flexibility index (Phi) is 4.12. The molecule has 2 rings (SSSR count). The molecule has 92 valence electrons. The Morgan fingerprint density at radius 3 is 2.82 bits per heavy atom. The quantitative estimate of drug-likeness (QED) is 0.717. The van der Waals surface area contributed by atoms with Crippen LogP contribution in [0.2, 0.25) is 0 Å². The van der Waals surface area contributed by atoms with Gasteiger partial charge in [0.25, 0.3) is 5.91 Å². The molecule has 0 bridgehead atoms. The Hall–Kier alpha value is -1.39. The molecule has 1 amide bonds. The largest absolute Gasteiger partial charge is 0.378 e. The summed E-state index contributed by atoms with van der Waals surface area (Å²) in [7, 11) is 0. The van der Waals surface area contributed by atoms with Crippen LogP contribution in [0.25, 0.3) is 0 Å². The molecule has 1 aliphatic heterocycles. The smallest absolute Gasteiger partial charge is 0.253 e. The van der Waals surface area contributed by atoms with E-state index in [9.17, 15) is 9.90 Å². The van der Waals surface area contributed by atoms with Crippen LogP contribution in [-0.4, -0.2) is 30.1 Å². The second-order valence-electron chi connectivity index (χ2n) is 4.37. The lowest BCUT2D eigenvalue weighted by Crippen LogP contribution is -2.47. The zero-order chi connectivity index (χ0) is 12.1. The van der Waals surface area contributed by atoms with Crippen LogP contribution in [-0.2, 0) is 4.79 Å². The van der Waals surface area contributed by atoms with E-state index in [1.165, 1.54) is 0 Å². The standard InChI is InChI=1S/C13H18N2O2/c16-12(10-5-2-1-3-6-10)13(17)15-11-7-4-8-14-9-11/h1-3,5-6,11-12,14,16H,4,7-9H2,(H,15,17)/t11-,12?/m0/s1. The van der Waals surface area contributed by atoms with Crippen LogP contribution in [0.3, 0.4) is 0 Å². The molecule has 1 aliphatic rings. The summed E-state index contributed by atoms with van der Waals surface area (Å²) in [5.74, 6) is -0.315. The van der Waals surface area contributed by atoms with Crippen LogP contribution in [0.4, 0.5) is 0 Å². The van der Waals surface area contributed by atoms with Crippen LogP contribution in [0.5, 0.6) is 0 Å². The summed E-state index contributed by atoms with van der Waals surface area (Å²) in [5, 5.41) is 16.0. The Morgan fingerprint density at radius 1 is 1.41 bits per heavy atom. The predicted octanol–water partition coefficient (Wildman–Crippen LogP) is 0.588. The number of carbonyl (C=O) groups excluding carboxylic acids is 1. The third-order valence-corrected chi connectivity index (χ3v) is 3.01. The molecule has 4 nitrogen and oxygen atoms in total. The number of carbonyl (C=O) groups is 1. The first-order valence-electron chi connectivity index (χ1n) is 6.01. The molecule has 2 atom stereocenters. The Labute approximate surface area is 101 Å². The van der Waals surface area contributed by atoms with Gasteiger partial charge in [-0.15, -0.1) is 0 Å². The van der Waals surface area contributed by atoms with Gasteiger partial charge in [0.1, 0.15) is 0 Å². The van der Waals surface area contributed by atoms with Gasteiger partial charge in [0.2, 0.25) is 0 Å². The molecule has 1 unspecified atom stereocenters. The fourth-order valence-electron chi connectivity index (χ4n) is 2.04. The average Bonchev–Trinajstić information content (AvgIpc) is 2.40. The second-order valence-corrected chi connectivity index (χ2v) is 4.37. The van der Waals surface area contributed by atoms with E-state index < -0.39 is 6.10 Å². The molecule has 17 heavy (non-hydrogen) atoms. The van der Waals surface area contributed by atoms with E-state index in [1.807, 2.05) is 18.2 Å². The van der Waals surface area contributed by atoms with Crippen LogP contribution >= 0.6 is 0 Å². The maximum absolute atomic E-state index is 11.8. The lowest BCUT2D eigenvalue weighted by Gasteiger charge is -2.25. The number of amides is 1. The van der Waals surface area contributed by atoms with Crippen molar-refractivity contribution in [2.75, 3.05) is 13.1 Å². The van der Waals surface area contributed by atoms with Crippen molar-refractivity contribution in [3.8, 4) is 0 Å². The molecule has 1 aromatic rings. The first-order chi connectivity index (χ1) is 8.27. The highest BCUT2D eigenvalue weighted by molar-refractivity contribution is 5.82. The number of benzene rings is 1. The first-order valence-corrected chi connectivity index (χ1v) is 6.01. The van der Waals surface area contributed by atoms with Crippen LogP contribution in [0.15, 0.2) is 30.3 Å². The Balaban J connectivity index is 1.91. The lowest BCUT2D eigenvalue weighted by atomic mass is 10.1. The molecule has 0 aromatic heterocycles. The summed E-state index contributed by atoms with van der Waals surface area (Å²) in [4.78, 5) is 11.8. The summed E-state index contributed by atoms with van der Waals surface area (Å²) < 4.78 is 0.